The van der Waals surface area contributed by atoms with E-state index in [0.29, 0.717) is 0 Å². The van der Waals surface area contributed by atoms with Crippen LogP contribution in [0.3, 0.4) is 0 Å². The fourth-order valence-corrected chi connectivity index (χ4v) is 2.58. The number of benzene rings is 1. The normalized spacial score (nSPS) is 17.0. The lowest BCUT2D eigenvalue weighted by Crippen LogP contribution is -2.33. The summed E-state index contributed by atoms with van der Waals surface area (Å²) >= 11 is 0. The number of methoxy groups -OCH3 is 1. The standard InChI is InChI=1S/C17H23NO3/c1-13(21-14(2)19)16-5-4-10-18(12-16)11-15-6-8-17(20-3)9-7-15/h5-9,13H,4,10-12H2,1-3H3/t13-/m1/s1. The molecule has 0 saturated heterocycles. The van der Waals surface area contributed by atoms with Gasteiger partial charge in [-0.05, 0) is 36.6 Å². The van der Waals surface area contributed by atoms with Crippen LogP contribution in [0.25, 0.3) is 0 Å². The van der Waals surface area contributed by atoms with Crippen molar-refractivity contribution in [3.05, 3.63) is 41.5 Å². The largest absolute Gasteiger partial charge is 0.497 e. The molecule has 0 bridgehead atoms. The summed E-state index contributed by atoms with van der Waals surface area (Å²) < 4.78 is 10.4. The van der Waals surface area contributed by atoms with Crippen LogP contribution in [-0.2, 0) is 16.1 Å². The number of carbonyl (C=O) groups excluding carboxylic acids is 1. The van der Waals surface area contributed by atoms with Gasteiger partial charge in [-0.15, -0.1) is 0 Å². The van der Waals surface area contributed by atoms with E-state index in [4.69, 9.17) is 9.47 Å². The summed E-state index contributed by atoms with van der Waals surface area (Å²) in [6.45, 7) is 6.16. The lowest BCUT2D eigenvalue weighted by atomic mass is 10.0. The lowest BCUT2D eigenvalue weighted by molar-refractivity contribution is -0.144. The van der Waals surface area contributed by atoms with Crippen LogP contribution in [0.4, 0.5) is 0 Å². The van der Waals surface area contributed by atoms with Crippen LogP contribution in [-0.4, -0.2) is 37.2 Å². The van der Waals surface area contributed by atoms with Crippen LogP contribution < -0.4 is 4.74 Å². The van der Waals surface area contributed by atoms with E-state index in [2.05, 4.69) is 23.1 Å². The maximum atomic E-state index is 11.1. The Morgan fingerprint density at radius 2 is 2.05 bits per heavy atom. The van der Waals surface area contributed by atoms with E-state index >= 15 is 0 Å². The van der Waals surface area contributed by atoms with Gasteiger partial charge in [0.05, 0.1) is 7.11 Å². The molecule has 0 aliphatic carbocycles. The lowest BCUT2D eigenvalue weighted by Gasteiger charge is -2.29. The molecule has 0 aromatic heterocycles. The molecule has 1 atom stereocenters. The van der Waals surface area contributed by atoms with Gasteiger partial charge in [0.1, 0.15) is 11.9 Å². The minimum absolute atomic E-state index is 0.138. The Bertz CT molecular complexity index is 507. The second-order valence-corrected chi connectivity index (χ2v) is 5.38. The summed E-state index contributed by atoms with van der Waals surface area (Å²) in [6, 6.07) is 8.15. The molecule has 114 valence electrons. The van der Waals surface area contributed by atoms with Crippen molar-refractivity contribution in [2.75, 3.05) is 20.2 Å². The highest BCUT2D eigenvalue weighted by Crippen LogP contribution is 2.19. The van der Waals surface area contributed by atoms with Gasteiger partial charge in [-0.3, -0.25) is 9.69 Å². The van der Waals surface area contributed by atoms with Crippen LogP contribution in [0.1, 0.15) is 25.8 Å². The van der Waals surface area contributed by atoms with Gasteiger partial charge in [-0.2, -0.15) is 0 Å². The van der Waals surface area contributed by atoms with Gasteiger partial charge in [0.25, 0.3) is 0 Å². The van der Waals surface area contributed by atoms with Crippen molar-refractivity contribution in [2.24, 2.45) is 0 Å². The molecule has 0 N–H and O–H groups in total. The van der Waals surface area contributed by atoms with Gasteiger partial charge in [-0.1, -0.05) is 18.2 Å². The Labute approximate surface area is 126 Å². The number of carbonyl (C=O) groups is 1. The summed E-state index contributed by atoms with van der Waals surface area (Å²) in [4.78, 5) is 13.4. The van der Waals surface area contributed by atoms with E-state index in [-0.39, 0.29) is 12.1 Å². The first-order chi connectivity index (χ1) is 10.1. The zero-order valence-electron chi connectivity index (χ0n) is 13.0. The van der Waals surface area contributed by atoms with Crippen molar-refractivity contribution < 1.29 is 14.3 Å². The van der Waals surface area contributed by atoms with Crippen LogP contribution in [0.15, 0.2) is 35.9 Å². The van der Waals surface area contributed by atoms with E-state index in [9.17, 15) is 4.79 Å². The van der Waals surface area contributed by atoms with E-state index in [0.717, 1.165) is 31.8 Å². The van der Waals surface area contributed by atoms with Gasteiger partial charge >= 0.3 is 5.97 Å². The van der Waals surface area contributed by atoms with Crippen LogP contribution >= 0.6 is 0 Å². The molecular formula is C17H23NO3. The number of ether oxygens (including phenoxy) is 2. The van der Waals surface area contributed by atoms with E-state index in [1.807, 2.05) is 19.1 Å². The molecule has 0 unspecified atom stereocenters. The van der Waals surface area contributed by atoms with E-state index in [1.54, 1.807) is 7.11 Å². The molecule has 0 saturated carbocycles. The smallest absolute Gasteiger partial charge is 0.303 e. The summed E-state index contributed by atoms with van der Waals surface area (Å²) in [5.41, 5.74) is 2.45. The molecule has 0 radical (unpaired) electrons. The molecule has 21 heavy (non-hydrogen) atoms. The van der Waals surface area contributed by atoms with Crippen molar-refractivity contribution in [1.29, 1.82) is 0 Å². The Morgan fingerprint density at radius 3 is 2.67 bits per heavy atom. The molecule has 1 heterocycles. The van der Waals surface area contributed by atoms with Crippen LogP contribution in [0, 0.1) is 0 Å². The minimum atomic E-state index is -0.226. The van der Waals surface area contributed by atoms with Crippen molar-refractivity contribution in [3.63, 3.8) is 0 Å². The summed E-state index contributed by atoms with van der Waals surface area (Å²) in [5, 5.41) is 0. The quantitative estimate of drug-likeness (QED) is 0.617. The van der Waals surface area contributed by atoms with Gasteiger partial charge in [0.2, 0.25) is 0 Å². The second kappa shape index (κ2) is 7.27. The number of nitrogens with zero attached hydrogens (tertiary/aromatic N) is 1. The predicted molar refractivity (Wildman–Crippen MR) is 82.2 cm³/mol. The van der Waals surface area contributed by atoms with Crippen LogP contribution in [0.5, 0.6) is 5.75 Å². The zero-order valence-corrected chi connectivity index (χ0v) is 13.0. The number of esters is 1. The summed E-state index contributed by atoms with van der Waals surface area (Å²) in [5.74, 6) is 0.650. The summed E-state index contributed by atoms with van der Waals surface area (Å²) in [6.07, 6.45) is 3.05. The zero-order chi connectivity index (χ0) is 15.2. The second-order valence-electron chi connectivity index (χ2n) is 5.38. The molecule has 1 aromatic rings. The molecule has 4 heteroatoms. The Balaban J connectivity index is 1.93. The molecule has 0 amide bonds. The van der Waals surface area contributed by atoms with Crippen molar-refractivity contribution in [1.82, 2.24) is 4.90 Å². The Kier molecular flexibility index (Phi) is 5.39. The maximum absolute atomic E-state index is 11.1. The van der Waals surface area contributed by atoms with Gasteiger partial charge in [0.15, 0.2) is 0 Å². The third kappa shape index (κ3) is 4.60. The topological polar surface area (TPSA) is 38.8 Å². The molecule has 1 aliphatic rings. The number of hydrogen-bond donors (Lipinski definition) is 0. The van der Waals surface area contributed by atoms with E-state index < -0.39 is 0 Å². The van der Waals surface area contributed by atoms with E-state index in [1.165, 1.54) is 18.1 Å². The monoisotopic (exact) mass is 289 g/mol. The highest BCUT2D eigenvalue weighted by Gasteiger charge is 2.19. The molecule has 1 aliphatic heterocycles. The van der Waals surface area contributed by atoms with Crippen molar-refractivity contribution in [2.45, 2.75) is 32.9 Å². The van der Waals surface area contributed by atoms with Gasteiger partial charge in [-0.25, -0.2) is 0 Å². The Hall–Kier alpha value is -1.81. The van der Waals surface area contributed by atoms with Gasteiger partial charge < -0.3 is 9.47 Å². The minimum Gasteiger partial charge on any atom is -0.497 e. The Morgan fingerprint density at radius 1 is 1.33 bits per heavy atom. The molecular weight excluding hydrogens is 266 g/mol. The third-order valence-electron chi connectivity index (χ3n) is 3.69. The van der Waals surface area contributed by atoms with Gasteiger partial charge in [0, 0.05) is 26.6 Å². The van der Waals surface area contributed by atoms with Crippen molar-refractivity contribution >= 4 is 5.97 Å². The first kappa shape index (κ1) is 15.6. The van der Waals surface area contributed by atoms with Crippen LogP contribution in [0.2, 0.25) is 0 Å². The number of rotatable bonds is 5. The summed E-state index contributed by atoms with van der Waals surface area (Å²) in [7, 11) is 1.67. The molecule has 0 spiro atoms. The predicted octanol–water partition coefficient (Wildman–Crippen LogP) is 2.78. The average molecular weight is 289 g/mol. The average Bonchev–Trinajstić information content (AvgIpc) is 2.47. The SMILES string of the molecule is COc1ccc(CN2CCC=C([C@@H](C)OC(C)=O)C2)cc1. The highest BCUT2D eigenvalue weighted by molar-refractivity contribution is 5.66. The molecule has 1 aromatic carbocycles. The highest BCUT2D eigenvalue weighted by atomic mass is 16.5. The van der Waals surface area contributed by atoms with Crippen molar-refractivity contribution in [3.8, 4) is 5.75 Å². The first-order valence-electron chi connectivity index (χ1n) is 7.30. The maximum Gasteiger partial charge on any atom is 0.303 e. The molecule has 4 nitrogen and oxygen atoms in total. The molecule has 0 fully saturated rings. The first-order valence-corrected chi connectivity index (χ1v) is 7.30. The molecule has 2 rings (SSSR count). The fraction of sp³-hybridized carbons (Fsp3) is 0.471. The number of hydrogen-bond acceptors (Lipinski definition) is 4. The third-order valence-corrected chi connectivity index (χ3v) is 3.69. The fourth-order valence-electron chi connectivity index (χ4n) is 2.58.